The van der Waals surface area contributed by atoms with E-state index in [0.29, 0.717) is 0 Å². The zero-order chi connectivity index (χ0) is 12.5. The van der Waals surface area contributed by atoms with Gasteiger partial charge in [0.1, 0.15) is 5.69 Å². The van der Waals surface area contributed by atoms with Crippen LogP contribution in [0.3, 0.4) is 0 Å². The lowest BCUT2D eigenvalue weighted by atomic mass is 10.2. The highest BCUT2D eigenvalue weighted by Gasteiger charge is 2.21. The molecule has 0 unspecified atom stereocenters. The zero-order valence-corrected chi connectivity index (χ0v) is 11.8. The summed E-state index contributed by atoms with van der Waals surface area (Å²) in [6, 6.07) is 5.16. The molecule has 1 saturated carbocycles. The first-order chi connectivity index (χ1) is 8.76. The third kappa shape index (κ3) is 2.49. The van der Waals surface area contributed by atoms with Crippen molar-refractivity contribution in [2.24, 2.45) is 7.05 Å². The normalized spacial score (nSPS) is 15.2. The topological polar surface area (TPSA) is 29.9 Å². The quantitative estimate of drug-likeness (QED) is 0.897. The van der Waals surface area contributed by atoms with Gasteiger partial charge in [-0.2, -0.15) is 5.10 Å². The maximum atomic E-state index is 4.61. The maximum Gasteiger partial charge on any atom is 0.107 e. The van der Waals surface area contributed by atoms with E-state index in [2.05, 4.69) is 35.7 Å². The van der Waals surface area contributed by atoms with Crippen molar-refractivity contribution in [2.75, 3.05) is 0 Å². The standard InChI is InChI=1S/C14H19N3S/c1-3-12-6-7-13(18-12)14-10(9-17(2)16-14)8-15-11-4-5-11/h6-7,9,11,15H,3-5,8H2,1-2H3. The van der Waals surface area contributed by atoms with Crippen LogP contribution in [-0.4, -0.2) is 15.8 Å². The van der Waals surface area contributed by atoms with Gasteiger partial charge in [0.2, 0.25) is 0 Å². The van der Waals surface area contributed by atoms with Crippen molar-refractivity contribution in [3.05, 3.63) is 28.8 Å². The highest BCUT2D eigenvalue weighted by molar-refractivity contribution is 7.15. The lowest BCUT2D eigenvalue weighted by molar-refractivity contribution is 0.687. The number of hydrogen-bond donors (Lipinski definition) is 1. The molecule has 3 nitrogen and oxygen atoms in total. The molecule has 1 aliphatic carbocycles. The van der Waals surface area contributed by atoms with Crippen LogP contribution in [0, 0.1) is 0 Å². The molecule has 4 heteroatoms. The molecule has 2 aromatic rings. The molecule has 96 valence electrons. The maximum absolute atomic E-state index is 4.61. The van der Waals surface area contributed by atoms with Gasteiger partial charge in [0.05, 0.1) is 4.88 Å². The van der Waals surface area contributed by atoms with Crippen molar-refractivity contribution in [2.45, 2.75) is 38.8 Å². The molecule has 1 aliphatic rings. The number of hydrogen-bond acceptors (Lipinski definition) is 3. The molecule has 0 atom stereocenters. The first kappa shape index (κ1) is 11.9. The van der Waals surface area contributed by atoms with Crippen LogP contribution < -0.4 is 5.32 Å². The van der Waals surface area contributed by atoms with Crippen LogP contribution in [0.2, 0.25) is 0 Å². The molecule has 2 aromatic heterocycles. The summed E-state index contributed by atoms with van der Waals surface area (Å²) in [5, 5.41) is 8.18. The smallest absolute Gasteiger partial charge is 0.107 e. The number of aromatic nitrogens is 2. The Morgan fingerprint density at radius 1 is 1.44 bits per heavy atom. The van der Waals surface area contributed by atoms with Gasteiger partial charge in [0.15, 0.2) is 0 Å². The van der Waals surface area contributed by atoms with E-state index in [9.17, 15) is 0 Å². The van der Waals surface area contributed by atoms with Crippen LogP contribution in [0.25, 0.3) is 10.6 Å². The summed E-state index contributed by atoms with van der Waals surface area (Å²) in [6.45, 7) is 3.14. The highest BCUT2D eigenvalue weighted by atomic mass is 32.1. The van der Waals surface area contributed by atoms with Crippen LogP contribution in [0.4, 0.5) is 0 Å². The third-order valence-corrected chi connectivity index (χ3v) is 4.54. The summed E-state index contributed by atoms with van der Waals surface area (Å²) in [6.07, 6.45) is 5.90. The van der Waals surface area contributed by atoms with Crippen molar-refractivity contribution in [1.29, 1.82) is 0 Å². The van der Waals surface area contributed by atoms with E-state index < -0.39 is 0 Å². The average molecular weight is 261 g/mol. The fourth-order valence-corrected chi connectivity index (χ4v) is 3.08. The van der Waals surface area contributed by atoms with Gasteiger partial charge in [0.25, 0.3) is 0 Å². The lowest BCUT2D eigenvalue weighted by Gasteiger charge is -2.01. The molecule has 0 bridgehead atoms. The van der Waals surface area contributed by atoms with Crippen molar-refractivity contribution in [1.82, 2.24) is 15.1 Å². The van der Waals surface area contributed by atoms with Crippen LogP contribution in [-0.2, 0) is 20.0 Å². The second-order valence-corrected chi connectivity index (χ2v) is 6.12. The van der Waals surface area contributed by atoms with Gasteiger partial charge < -0.3 is 5.32 Å². The fraction of sp³-hybridized carbons (Fsp3) is 0.500. The van der Waals surface area contributed by atoms with E-state index in [1.165, 1.54) is 28.2 Å². The summed E-state index contributed by atoms with van der Waals surface area (Å²) in [4.78, 5) is 2.72. The minimum absolute atomic E-state index is 0.743. The summed E-state index contributed by atoms with van der Waals surface area (Å²) >= 11 is 1.86. The third-order valence-electron chi connectivity index (χ3n) is 3.31. The van der Waals surface area contributed by atoms with E-state index in [1.807, 2.05) is 23.1 Å². The first-order valence-electron chi connectivity index (χ1n) is 6.61. The van der Waals surface area contributed by atoms with E-state index >= 15 is 0 Å². The predicted octanol–water partition coefficient (Wildman–Crippen LogP) is 2.96. The van der Waals surface area contributed by atoms with Crippen LogP contribution in [0.1, 0.15) is 30.2 Å². The van der Waals surface area contributed by atoms with Gasteiger partial charge in [0, 0.05) is 36.3 Å². The molecule has 0 radical (unpaired) electrons. The average Bonchev–Trinajstić information content (AvgIpc) is 2.94. The second-order valence-electron chi connectivity index (χ2n) is 4.95. The molecular weight excluding hydrogens is 242 g/mol. The number of rotatable bonds is 5. The Labute approximate surface area is 112 Å². The first-order valence-corrected chi connectivity index (χ1v) is 7.43. The Morgan fingerprint density at radius 3 is 2.94 bits per heavy atom. The summed E-state index contributed by atoms with van der Waals surface area (Å²) in [7, 11) is 2.00. The van der Waals surface area contributed by atoms with E-state index in [4.69, 9.17) is 0 Å². The van der Waals surface area contributed by atoms with Crippen molar-refractivity contribution in [3.8, 4) is 10.6 Å². The molecule has 0 amide bonds. The molecule has 1 fully saturated rings. The number of aryl methyl sites for hydroxylation is 2. The Bertz CT molecular complexity index is 537. The number of thiophene rings is 1. The molecule has 0 aliphatic heterocycles. The lowest BCUT2D eigenvalue weighted by Crippen LogP contribution is -2.15. The van der Waals surface area contributed by atoms with Gasteiger partial charge in [-0.1, -0.05) is 6.92 Å². The fourth-order valence-electron chi connectivity index (χ4n) is 2.11. The van der Waals surface area contributed by atoms with Crippen LogP contribution in [0.5, 0.6) is 0 Å². The van der Waals surface area contributed by atoms with Crippen LogP contribution >= 0.6 is 11.3 Å². The van der Waals surface area contributed by atoms with Gasteiger partial charge >= 0.3 is 0 Å². The minimum atomic E-state index is 0.743. The molecule has 1 N–H and O–H groups in total. The Hall–Kier alpha value is -1.13. The Balaban J connectivity index is 1.84. The monoisotopic (exact) mass is 261 g/mol. The molecule has 0 spiro atoms. The molecule has 2 heterocycles. The molecule has 0 aromatic carbocycles. The van der Waals surface area contributed by atoms with Crippen molar-refractivity contribution in [3.63, 3.8) is 0 Å². The van der Waals surface area contributed by atoms with Crippen molar-refractivity contribution >= 4 is 11.3 Å². The minimum Gasteiger partial charge on any atom is -0.310 e. The van der Waals surface area contributed by atoms with Gasteiger partial charge in [-0.3, -0.25) is 4.68 Å². The molecular formula is C14H19N3S. The second kappa shape index (κ2) is 4.86. The SMILES string of the molecule is CCc1ccc(-c2nn(C)cc2CNC2CC2)s1. The Kier molecular flexibility index (Phi) is 3.22. The van der Waals surface area contributed by atoms with Crippen LogP contribution in [0.15, 0.2) is 18.3 Å². The number of nitrogens with zero attached hydrogens (tertiary/aromatic N) is 2. The predicted molar refractivity (Wildman–Crippen MR) is 75.8 cm³/mol. The van der Waals surface area contributed by atoms with E-state index in [0.717, 1.165) is 24.7 Å². The summed E-state index contributed by atoms with van der Waals surface area (Å²) < 4.78 is 1.92. The summed E-state index contributed by atoms with van der Waals surface area (Å²) in [5.74, 6) is 0. The zero-order valence-electron chi connectivity index (χ0n) is 10.9. The molecule has 18 heavy (non-hydrogen) atoms. The van der Waals surface area contributed by atoms with Crippen molar-refractivity contribution < 1.29 is 0 Å². The highest BCUT2D eigenvalue weighted by Crippen LogP contribution is 2.30. The van der Waals surface area contributed by atoms with Gasteiger partial charge in [-0.05, 0) is 31.4 Å². The van der Waals surface area contributed by atoms with Gasteiger partial charge in [-0.15, -0.1) is 11.3 Å². The summed E-state index contributed by atoms with van der Waals surface area (Å²) in [5.41, 5.74) is 2.46. The molecule has 3 rings (SSSR count). The Morgan fingerprint density at radius 2 is 2.28 bits per heavy atom. The molecule has 0 saturated heterocycles. The van der Waals surface area contributed by atoms with E-state index in [-0.39, 0.29) is 0 Å². The van der Waals surface area contributed by atoms with E-state index in [1.54, 1.807) is 0 Å². The largest absolute Gasteiger partial charge is 0.310 e. The number of nitrogens with one attached hydrogen (secondary N) is 1. The van der Waals surface area contributed by atoms with Gasteiger partial charge in [-0.25, -0.2) is 0 Å².